The molecule has 2 atom stereocenters. The van der Waals surface area contributed by atoms with Crippen molar-refractivity contribution in [3.8, 4) is 0 Å². The van der Waals surface area contributed by atoms with Crippen LogP contribution in [0.5, 0.6) is 0 Å². The summed E-state index contributed by atoms with van der Waals surface area (Å²) < 4.78 is 37.4. The molecule has 1 fully saturated rings. The molecule has 5 heteroatoms. The molecule has 1 saturated heterocycles. The Kier molecular flexibility index (Phi) is 5.24. The van der Waals surface area contributed by atoms with Crippen LogP contribution in [0.25, 0.3) is 0 Å². The normalized spacial score (nSPS) is 21.3. The third-order valence-corrected chi connectivity index (χ3v) is 3.13. The second kappa shape index (κ2) is 6.93. The van der Waals surface area contributed by atoms with E-state index < -0.39 is 11.6 Å². The summed E-state index contributed by atoms with van der Waals surface area (Å²) >= 11 is 0. The molecule has 0 bridgehead atoms. The molecule has 1 aromatic carbocycles. The summed E-state index contributed by atoms with van der Waals surface area (Å²) in [5, 5.41) is 3.31. The number of hydrogen-bond acceptors (Lipinski definition) is 3. The van der Waals surface area contributed by atoms with Gasteiger partial charge in [-0.25, -0.2) is 8.78 Å². The van der Waals surface area contributed by atoms with Crippen LogP contribution in [0.4, 0.5) is 8.78 Å². The average Bonchev–Trinajstić information content (AvgIpc) is 2.44. The monoisotopic (exact) mass is 271 g/mol. The Labute approximate surface area is 111 Å². The van der Waals surface area contributed by atoms with Gasteiger partial charge < -0.3 is 14.8 Å². The largest absolute Gasteiger partial charge is 0.376 e. The van der Waals surface area contributed by atoms with Gasteiger partial charge in [0.1, 0.15) is 6.10 Å². The van der Waals surface area contributed by atoms with Crippen molar-refractivity contribution >= 4 is 0 Å². The van der Waals surface area contributed by atoms with Gasteiger partial charge in [-0.05, 0) is 30.7 Å². The van der Waals surface area contributed by atoms with E-state index in [2.05, 4.69) is 5.32 Å². The first-order valence-corrected chi connectivity index (χ1v) is 6.60. The van der Waals surface area contributed by atoms with Crippen LogP contribution in [0.3, 0.4) is 0 Å². The number of ether oxygens (including phenoxy) is 2. The van der Waals surface area contributed by atoms with Crippen LogP contribution < -0.4 is 5.32 Å². The molecule has 1 aliphatic rings. The van der Waals surface area contributed by atoms with Crippen LogP contribution in [0.15, 0.2) is 18.2 Å². The van der Waals surface area contributed by atoms with Crippen LogP contribution in [0, 0.1) is 11.6 Å². The molecule has 0 aromatic heterocycles. The highest BCUT2D eigenvalue weighted by Crippen LogP contribution is 2.23. The van der Waals surface area contributed by atoms with Crippen molar-refractivity contribution in [1.82, 2.24) is 5.32 Å². The lowest BCUT2D eigenvalue weighted by Gasteiger charge is -2.31. The number of halogens is 2. The third-order valence-electron chi connectivity index (χ3n) is 3.13. The molecular formula is C14H19F2NO2. The second-order valence-corrected chi connectivity index (χ2v) is 4.59. The van der Waals surface area contributed by atoms with E-state index in [0.717, 1.165) is 19.0 Å². The van der Waals surface area contributed by atoms with Crippen molar-refractivity contribution in [1.29, 1.82) is 0 Å². The van der Waals surface area contributed by atoms with E-state index in [4.69, 9.17) is 9.47 Å². The number of hydrogen-bond donors (Lipinski definition) is 1. The third kappa shape index (κ3) is 3.72. The highest BCUT2D eigenvalue weighted by atomic mass is 19.2. The van der Waals surface area contributed by atoms with E-state index in [9.17, 15) is 8.78 Å². The summed E-state index contributed by atoms with van der Waals surface area (Å²) in [7, 11) is 0. The van der Waals surface area contributed by atoms with E-state index in [1.165, 1.54) is 6.07 Å². The first-order valence-electron chi connectivity index (χ1n) is 6.60. The molecule has 0 saturated carbocycles. The predicted molar refractivity (Wildman–Crippen MR) is 68.0 cm³/mol. The van der Waals surface area contributed by atoms with Gasteiger partial charge in [0.05, 0.1) is 25.9 Å². The molecule has 106 valence electrons. The zero-order valence-electron chi connectivity index (χ0n) is 11.0. The molecule has 0 spiro atoms. The van der Waals surface area contributed by atoms with Gasteiger partial charge in [-0.15, -0.1) is 0 Å². The first-order chi connectivity index (χ1) is 9.22. The fraction of sp³-hybridized carbons (Fsp3) is 0.571. The molecule has 1 heterocycles. The van der Waals surface area contributed by atoms with E-state index in [0.29, 0.717) is 25.4 Å². The minimum absolute atomic E-state index is 0.176. The number of nitrogens with one attached hydrogen (secondary N) is 1. The van der Waals surface area contributed by atoms with E-state index in [1.807, 2.05) is 6.92 Å². The van der Waals surface area contributed by atoms with Crippen LogP contribution in [-0.4, -0.2) is 32.5 Å². The Morgan fingerprint density at radius 2 is 2.16 bits per heavy atom. The molecule has 19 heavy (non-hydrogen) atoms. The molecule has 2 rings (SSSR count). The maximum Gasteiger partial charge on any atom is 0.159 e. The van der Waals surface area contributed by atoms with Gasteiger partial charge in [-0.2, -0.15) is 0 Å². The SMILES string of the molecule is CCCNC(c1ccc(F)c(F)c1)C1COCCO1. The predicted octanol–water partition coefficient (Wildman–Crippen LogP) is 2.42. The summed E-state index contributed by atoms with van der Waals surface area (Å²) in [5.74, 6) is -1.67. The van der Waals surface area contributed by atoms with E-state index >= 15 is 0 Å². The van der Waals surface area contributed by atoms with Gasteiger partial charge in [-0.3, -0.25) is 0 Å². The lowest BCUT2D eigenvalue weighted by Crippen LogP contribution is -2.41. The van der Waals surface area contributed by atoms with Crippen LogP contribution >= 0.6 is 0 Å². The molecule has 1 aliphatic heterocycles. The maximum atomic E-state index is 13.4. The van der Waals surface area contributed by atoms with Gasteiger partial charge in [0, 0.05) is 0 Å². The lowest BCUT2D eigenvalue weighted by atomic mass is 10.0. The standard InChI is InChI=1S/C14H19F2NO2/c1-2-5-17-14(13-9-18-6-7-19-13)10-3-4-11(15)12(16)8-10/h3-4,8,13-14,17H,2,5-7,9H2,1H3. The Morgan fingerprint density at radius 3 is 2.79 bits per heavy atom. The van der Waals surface area contributed by atoms with Gasteiger partial charge >= 0.3 is 0 Å². The van der Waals surface area contributed by atoms with Gasteiger partial charge in [0.2, 0.25) is 0 Å². The molecular weight excluding hydrogens is 252 g/mol. The van der Waals surface area contributed by atoms with Gasteiger partial charge in [-0.1, -0.05) is 13.0 Å². The van der Waals surface area contributed by atoms with Crippen LogP contribution in [-0.2, 0) is 9.47 Å². The Bertz CT molecular complexity index is 408. The summed E-state index contributed by atoms with van der Waals surface area (Å²) in [6.07, 6.45) is 0.776. The first kappa shape index (κ1) is 14.4. The zero-order chi connectivity index (χ0) is 13.7. The minimum atomic E-state index is -0.836. The molecule has 0 radical (unpaired) electrons. The maximum absolute atomic E-state index is 13.4. The van der Waals surface area contributed by atoms with Crippen molar-refractivity contribution in [2.45, 2.75) is 25.5 Å². The van der Waals surface area contributed by atoms with E-state index in [-0.39, 0.29) is 12.1 Å². The van der Waals surface area contributed by atoms with Crippen molar-refractivity contribution < 1.29 is 18.3 Å². The topological polar surface area (TPSA) is 30.5 Å². The fourth-order valence-corrected chi connectivity index (χ4v) is 2.17. The molecule has 3 nitrogen and oxygen atoms in total. The van der Waals surface area contributed by atoms with Crippen LogP contribution in [0.2, 0.25) is 0 Å². The number of rotatable bonds is 5. The van der Waals surface area contributed by atoms with Gasteiger partial charge in [0.25, 0.3) is 0 Å². The van der Waals surface area contributed by atoms with Crippen molar-refractivity contribution in [3.63, 3.8) is 0 Å². The van der Waals surface area contributed by atoms with Gasteiger partial charge in [0.15, 0.2) is 11.6 Å². The fourth-order valence-electron chi connectivity index (χ4n) is 2.17. The van der Waals surface area contributed by atoms with Crippen molar-refractivity contribution in [3.05, 3.63) is 35.4 Å². The minimum Gasteiger partial charge on any atom is -0.376 e. The quantitative estimate of drug-likeness (QED) is 0.892. The van der Waals surface area contributed by atoms with Crippen LogP contribution in [0.1, 0.15) is 24.9 Å². The smallest absolute Gasteiger partial charge is 0.159 e. The summed E-state index contributed by atoms with van der Waals surface area (Å²) in [6.45, 7) is 4.39. The highest BCUT2D eigenvalue weighted by molar-refractivity contribution is 5.22. The van der Waals surface area contributed by atoms with Crippen molar-refractivity contribution in [2.75, 3.05) is 26.4 Å². The lowest BCUT2D eigenvalue weighted by molar-refractivity contribution is -0.102. The molecule has 1 aromatic rings. The second-order valence-electron chi connectivity index (χ2n) is 4.59. The Morgan fingerprint density at radius 1 is 1.32 bits per heavy atom. The summed E-state index contributed by atoms with van der Waals surface area (Å²) in [5.41, 5.74) is 0.683. The summed E-state index contributed by atoms with van der Waals surface area (Å²) in [6, 6.07) is 3.77. The molecule has 1 N–H and O–H groups in total. The zero-order valence-corrected chi connectivity index (χ0v) is 11.0. The highest BCUT2D eigenvalue weighted by Gasteiger charge is 2.26. The molecule has 0 amide bonds. The number of benzene rings is 1. The van der Waals surface area contributed by atoms with Crippen molar-refractivity contribution in [2.24, 2.45) is 0 Å². The molecule has 0 aliphatic carbocycles. The molecule has 2 unspecified atom stereocenters. The van der Waals surface area contributed by atoms with E-state index in [1.54, 1.807) is 6.07 Å². The summed E-state index contributed by atoms with van der Waals surface area (Å²) in [4.78, 5) is 0. The average molecular weight is 271 g/mol. The Hall–Kier alpha value is -1.04. The Balaban J connectivity index is 2.17.